The van der Waals surface area contributed by atoms with Crippen LogP contribution in [0.2, 0.25) is 0 Å². The molecule has 0 saturated carbocycles. The molecule has 0 aliphatic rings. The molecule has 0 spiro atoms. The molecule has 0 aliphatic heterocycles. The fraction of sp³-hybridized carbons (Fsp3) is 0. The van der Waals surface area contributed by atoms with Crippen molar-refractivity contribution >= 4 is 65.0 Å². The number of fused-ring (bicyclic) bond motifs is 8. The van der Waals surface area contributed by atoms with Gasteiger partial charge >= 0.3 is 0 Å². The first-order chi connectivity index (χ1) is 23.3. The first-order valence-corrected chi connectivity index (χ1v) is 16.2. The molecule has 0 bridgehead atoms. The van der Waals surface area contributed by atoms with E-state index in [2.05, 4.69) is 164 Å². The van der Waals surface area contributed by atoms with Crippen molar-refractivity contribution in [1.82, 2.24) is 0 Å². The monoisotopic (exact) mass is 596 g/mol. The van der Waals surface area contributed by atoms with Gasteiger partial charge in [0.25, 0.3) is 0 Å². The Balaban J connectivity index is 1.30. The molecule has 10 rings (SSSR count). The summed E-state index contributed by atoms with van der Waals surface area (Å²) in [6, 6.07) is 61.6. The van der Waals surface area contributed by atoms with Crippen molar-refractivity contribution in [2.24, 2.45) is 0 Å². The normalized spacial score (nSPS) is 11.8. The van der Waals surface area contributed by atoms with Crippen LogP contribution >= 0.6 is 0 Å². The summed E-state index contributed by atoms with van der Waals surface area (Å²) in [7, 11) is 0. The molecule has 1 nitrogen and oxygen atoms in total. The molecule has 1 aromatic heterocycles. The lowest BCUT2D eigenvalue weighted by Crippen LogP contribution is -1.92. The third kappa shape index (κ3) is 3.90. The Morgan fingerprint density at radius 1 is 0.298 bits per heavy atom. The maximum Gasteiger partial charge on any atom is 0.143 e. The minimum Gasteiger partial charge on any atom is -0.455 e. The summed E-state index contributed by atoms with van der Waals surface area (Å²) in [6.45, 7) is 0. The first-order valence-electron chi connectivity index (χ1n) is 16.2. The van der Waals surface area contributed by atoms with Crippen molar-refractivity contribution in [2.45, 2.75) is 0 Å². The largest absolute Gasteiger partial charge is 0.455 e. The minimum absolute atomic E-state index is 0.918. The highest BCUT2D eigenvalue weighted by Crippen LogP contribution is 2.48. The van der Waals surface area contributed by atoms with Gasteiger partial charge in [-0.15, -0.1) is 0 Å². The van der Waals surface area contributed by atoms with Gasteiger partial charge in [0.1, 0.15) is 11.2 Å². The maximum absolute atomic E-state index is 6.48. The van der Waals surface area contributed by atoms with Crippen LogP contribution in [-0.4, -0.2) is 0 Å². The average molecular weight is 597 g/mol. The number of furan rings is 1. The second-order valence-electron chi connectivity index (χ2n) is 12.4. The van der Waals surface area contributed by atoms with E-state index >= 15 is 0 Å². The standard InChI is InChI=1S/C46H28O/c1-2-17-32-29(13-1)14-12-25-33(32)30-15-11-16-31(27-30)44-36-20-4-6-22-38(36)45(39-23-7-5-21-37(39)44)41-28-42-35-19-9-10-26-43(35)47-46(42)40-24-8-3-18-34(40)41/h1-28H. The molecule has 0 radical (unpaired) electrons. The van der Waals surface area contributed by atoms with Crippen molar-refractivity contribution in [1.29, 1.82) is 0 Å². The highest BCUT2D eigenvalue weighted by atomic mass is 16.3. The van der Waals surface area contributed by atoms with E-state index in [1.54, 1.807) is 0 Å². The van der Waals surface area contributed by atoms with Crippen LogP contribution in [0.3, 0.4) is 0 Å². The summed E-state index contributed by atoms with van der Waals surface area (Å²) in [5.41, 5.74) is 9.30. The topological polar surface area (TPSA) is 13.1 Å². The number of para-hydroxylation sites is 1. The molecule has 1 heterocycles. The van der Waals surface area contributed by atoms with Gasteiger partial charge in [-0.1, -0.05) is 152 Å². The molecule has 10 aromatic rings. The molecule has 0 N–H and O–H groups in total. The fourth-order valence-corrected chi connectivity index (χ4v) is 7.80. The van der Waals surface area contributed by atoms with E-state index < -0.39 is 0 Å². The Labute approximate surface area is 271 Å². The Hall–Kier alpha value is -6.18. The summed E-state index contributed by atoms with van der Waals surface area (Å²) in [6.07, 6.45) is 0. The van der Waals surface area contributed by atoms with Gasteiger partial charge in [-0.05, 0) is 89.3 Å². The zero-order valence-electron chi connectivity index (χ0n) is 25.6. The van der Waals surface area contributed by atoms with E-state index in [1.165, 1.54) is 71.1 Å². The molecular formula is C46H28O. The lowest BCUT2D eigenvalue weighted by molar-refractivity contribution is 0.672. The highest BCUT2D eigenvalue weighted by Gasteiger charge is 2.21. The second kappa shape index (κ2) is 10.2. The van der Waals surface area contributed by atoms with E-state index in [0.717, 1.165) is 27.3 Å². The zero-order chi connectivity index (χ0) is 30.9. The third-order valence-corrected chi connectivity index (χ3v) is 9.84. The molecular weight excluding hydrogens is 569 g/mol. The second-order valence-corrected chi connectivity index (χ2v) is 12.4. The Morgan fingerprint density at radius 2 is 0.830 bits per heavy atom. The smallest absolute Gasteiger partial charge is 0.143 e. The van der Waals surface area contributed by atoms with Gasteiger partial charge < -0.3 is 4.42 Å². The van der Waals surface area contributed by atoms with Crippen LogP contribution in [0.1, 0.15) is 0 Å². The van der Waals surface area contributed by atoms with E-state index in [9.17, 15) is 0 Å². The molecule has 0 atom stereocenters. The summed E-state index contributed by atoms with van der Waals surface area (Å²) in [4.78, 5) is 0. The van der Waals surface area contributed by atoms with E-state index in [-0.39, 0.29) is 0 Å². The van der Waals surface area contributed by atoms with Crippen LogP contribution in [0.4, 0.5) is 0 Å². The first kappa shape index (κ1) is 26.1. The van der Waals surface area contributed by atoms with Gasteiger partial charge in [0.15, 0.2) is 0 Å². The molecule has 0 unspecified atom stereocenters. The summed E-state index contributed by atoms with van der Waals surface area (Å²) < 4.78 is 6.48. The van der Waals surface area contributed by atoms with Gasteiger partial charge in [-0.2, -0.15) is 0 Å². The van der Waals surface area contributed by atoms with Crippen LogP contribution < -0.4 is 0 Å². The van der Waals surface area contributed by atoms with Crippen LogP contribution in [0, 0.1) is 0 Å². The molecule has 1 heteroatoms. The van der Waals surface area contributed by atoms with Crippen molar-refractivity contribution in [3.63, 3.8) is 0 Å². The van der Waals surface area contributed by atoms with Gasteiger partial charge in [-0.3, -0.25) is 0 Å². The molecule has 0 aliphatic carbocycles. The molecule has 218 valence electrons. The zero-order valence-corrected chi connectivity index (χ0v) is 25.6. The van der Waals surface area contributed by atoms with Gasteiger partial charge in [0.2, 0.25) is 0 Å². The van der Waals surface area contributed by atoms with E-state index in [0.29, 0.717) is 0 Å². The van der Waals surface area contributed by atoms with Crippen LogP contribution in [-0.2, 0) is 0 Å². The van der Waals surface area contributed by atoms with Crippen molar-refractivity contribution in [3.05, 3.63) is 170 Å². The lowest BCUT2D eigenvalue weighted by atomic mass is 9.83. The van der Waals surface area contributed by atoms with Crippen LogP contribution in [0.15, 0.2) is 174 Å². The minimum atomic E-state index is 0.918. The van der Waals surface area contributed by atoms with Gasteiger partial charge in [0, 0.05) is 16.2 Å². The predicted molar refractivity (Wildman–Crippen MR) is 200 cm³/mol. The third-order valence-electron chi connectivity index (χ3n) is 9.84. The maximum atomic E-state index is 6.48. The molecule has 0 fully saturated rings. The molecule has 0 amide bonds. The van der Waals surface area contributed by atoms with Crippen LogP contribution in [0.5, 0.6) is 0 Å². The summed E-state index contributed by atoms with van der Waals surface area (Å²) in [5, 5.41) is 12.1. The molecule has 47 heavy (non-hydrogen) atoms. The van der Waals surface area contributed by atoms with Crippen molar-refractivity contribution in [3.8, 4) is 33.4 Å². The highest BCUT2D eigenvalue weighted by molar-refractivity contribution is 6.27. The predicted octanol–water partition coefficient (Wildman–Crippen LogP) is 13.2. The summed E-state index contributed by atoms with van der Waals surface area (Å²) in [5.74, 6) is 0. The molecule has 9 aromatic carbocycles. The average Bonchev–Trinajstić information content (AvgIpc) is 3.52. The Kier molecular flexibility index (Phi) is 5.64. The molecule has 0 saturated heterocycles. The quantitative estimate of drug-likeness (QED) is 0.185. The lowest BCUT2D eigenvalue weighted by Gasteiger charge is -2.19. The summed E-state index contributed by atoms with van der Waals surface area (Å²) >= 11 is 0. The SMILES string of the molecule is c1cc(-c2cccc3ccccc23)cc(-c2c3ccccc3c(-c3cc4c5ccccc5oc4c4ccccc34)c3ccccc23)c1. The number of rotatable bonds is 3. The Morgan fingerprint density at radius 3 is 1.57 bits per heavy atom. The van der Waals surface area contributed by atoms with Crippen molar-refractivity contribution < 1.29 is 4.42 Å². The van der Waals surface area contributed by atoms with E-state index in [1.807, 2.05) is 6.07 Å². The number of hydrogen-bond donors (Lipinski definition) is 0. The Bertz CT molecular complexity index is 2790. The van der Waals surface area contributed by atoms with Gasteiger partial charge in [-0.25, -0.2) is 0 Å². The number of benzene rings is 9. The number of hydrogen-bond acceptors (Lipinski definition) is 1. The van der Waals surface area contributed by atoms with E-state index in [4.69, 9.17) is 4.42 Å². The van der Waals surface area contributed by atoms with Gasteiger partial charge in [0.05, 0.1) is 0 Å². The van der Waals surface area contributed by atoms with Crippen molar-refractivity contribution in [2.75, 3.05) is 0 Å². The van der Waals surface area contributed by atoms with Crippen LogP contribution in [0.25, 0.3) is 98.4 Å². The fourth-order valence-electron chi connectivity index (χ4n) is 7.80.